The van der Waals surface area contributed by atoms with Gasteiger partial charge in [-0.3, -0.25) is 0 Å². The molecule has 1 heterocycles. The second-order valence-corrected chi connectivity index (χ2v) is 3.75. The second kappa shape index (κ2) is 3.66. The Labute approximate surface area is 88.2 Å². The summed E-state index contributed by atoms with van der Waals surface area (Å²) in [5, 5.41) is 0. The van der Waals surface area contributed by atoms with Crippen molar-refractivity contribution < 1.29 is 13.2 Å². The van der Waals surface area contributed by atoms with Crippen molar-refractivity contribution in [3.63, 3.8) is 0 Å². The lowest BCUT2D eigenvalue weighted by Gasteiger charge is -2.05. The molecule has 0 radical (unpaired) electrons. The topological polar surface area (TPSA) is 12.9 Å². The van der Waals surface area contributed by atoms with Gasteiger partial charge in [0.25, 0.3) is 0 Å². The summed E-state index contributed by atoms with van der Waals surface area (Å²) < 4.78 is 37.5. The fourth-order valence-corrected chi connectivity index (χ4v) is 2.06. The monoisotopic (exact) mass is 229 g/mol. The fraction of sp³-hybridized carbons (Fsp3) is 0.100. The van der Waals surface area contributed by atoms with Gasteiger partial charge in [0, 0.05) is 0 Å². The molecule has 0 bridgehead atoms. The molecule has 0 unspecified atom stereocenters. The molecule has 0 aliphatic rings. The Morgan fingerprint density at radius 1 is 1.07 bits per heavy atom. The van der Waals surface area contributed by atoms with E-state index in [9.17, 15) is 13.2 Å². The Morgan fingerprint density at radius 2 is 1.73 bits per heavy atom. The molecule has 2 aromatic rings. The maximum atomic E-state index is 12.5. The first kappa shape index (κ1) is 10.2. The second-order valence-electron chi connectivity index (χ2n) is 2.89. The van der Waals surface area contributed by atoms with Crippen molar-refractivity contribution in [2.24, 2.45) is 0 Å². The van der Waals surface area contributed by atoms with Crippen LogP contribution in [0.25, 0.3) is 10.4 Å². The average Bonchev–Trinajstić information content (AvgIpc) is 2.67. The number of alkyl halides is 3. The summed E-state index contributed by atoms with van der Waals surface area (Å²) in [6.07, 6.45) is -4.38. The normalized spacial score (nSPS) is 11.7. The summed E-state index contributed by atoms with van der Waals surface area (Å²) in [7, 11) is 0. The summed E-state index contributed by atoms with van der Waals surface area (Å²) in [5.41, 5.74) is 0.955. The quantitative estimate of drug-likeness (QED) is 0.724. The van der Waals surface area contributed by atoms with E-state index in [2.05, 4.69) is 4.98 Å². The Kier molecular flexibility index (Phi) is 2.48. The van der Waals surface area contributed by atoms with Crippen LogP contribution in [0.1, 0.15) is 5.69 Å². The molecule has 0 N–H and O–H groups in total. The van der Waals surface area contributed by atoms with Gasteiger partial charge in [-0.15, -0.1) is 11.3 Å². The lowest BCUT2D eigenvalue weighted by molar-refractivity contribution is -0.140. The van der Waals surface area contributed by atoms with Crippen LogP contribution in [0.3, 0.4) is 0 Å². The van der Waals surface area contributed by atoms with Crippen molar-refractivity contribution in [3.05, 3.63) is 41.5 Å². The molecule has 78 valence electrons. The highest BCUT2D eigenvalue weighted by Gasteiger charge is 2.36. The van der Waals surface area contributed by atoms with Crippen molar-refractivity contribution in [2.45, 2.75) is 6.18 Å². The van der Waals surface area contributed by atoms with Crippen molar-refractivity contribution in [3.8, 4) is 10.4 Å². The summed E-state index contributed by atoms with van der Waals surface area (Å²) in [6.45, 7) is 0. The third kappa shape index (κ3) is 2.02. The van der Waals surface area contributed by atoms with E-state index in [-0.39, 0.29) is 4.88 Å². The zero-order valence-corrected chi connectivity index (χ0v) is 8.27. The van der Waals surface area contributed by atoms with Crippen LogP contribution in [0.2, 0.25) is 0 Å². The van der Waals surface area contributed by atoms with Crippen LogP contribution >= 0.6 is 11.3 Å². The van der Waals surface area contributed by atoms with Crippen LogP contribution in [0, 0.1) is 0 Å². The molecular formula is C10H6F3NS. The zero-order chi connectivity index (χ0) is 10.9. The molecule has 1 aromatic carbocycles. The van der Waals surface area contributed by atoms with Gasteiger partial charge >= 0.3 is 6.18 Å². The molecule has 0 aliphatic carbocycles. The largest absolute Gasteiger partial charge is 0.434 e. The van der Waals surface area contributed by atoms with E-state index in [1.807, 2.05) is 0 Å². The molecule has 1 aromatic heterocycles. The van der Waals surface area contributed by atoms with Crippen LogP contribution in [0.5, 0.6) is 0 Å². The van der Waals surface area contributed by atoms with Crippen molar-refractivity contribution >= 4 is 11.3 Å². The molecule has 0 fully saturated rings. The predicted octanol–water partition coefficient (Wildman–Crippen LogP) is 3.83. The van der Waals surface area contributed by atoms with E-state index >= 15 is 0 Å². The number of aromatic nitrogens is 1. The molecule has 0 saturated heterocycles. The maximum absolute atomic E-state index is 12.5. The highest BCUT2D eigenvalue weighted by atomic mass is 32.1. The van der Waals surface area contributed by atoms with E-state index in [0.29, 0.717) is 5.56 Å². The number of thiazole rings is 1. The lowest BCUT2D eigenvalue weighted by atomic mass is 10.1. The number of nitrogens with zero attached hydrogens (tertiary/aromatic N) is 1. The van der Waals surface area contributed by atoms with Gasteiger partial charge < -0.3 is 0 Å². The van der Waals surface area contributed by atoms with Gasteiger partial charge in [-0.2, -0.15) is 13.2 Å². The number of hydrogen-bond acceptors (Lipinski definition) is 2. The first-order valence-corrected chi connectivity index (χ1v) is 5.03. The highest BCUT2D eigenvalue weighted by molar-refractivity contribution is 7.13. The van der Waals surface area contributed by atoms with Gasteiger partial charge in [-0.25, -0.2) is 4.98 Å². The minimum absolute atomic E-state index is 0.170. The zero-order valence-electron chi connectivity index (χ0n) is 7.45. The van der Waals surface area contributed by atoms with Crippen LogP contribution in [0.4, 0.5) is 13.2 Å². The van der Waals surface area contributed by atoms with Crippen LogP contribution in [0.15, 0.2) is 35.8 Å². The number of benzene rings is 1. The first-order valence-electron chi connectivity index (χ1n) is 4.15. The van der Waals surface area contributed by atoms with E-state index < -0.39 is 11.9 Å². The van der Waals surface area contributed by atoms with Gasteiger partial charge in [0.1, 0.15) is 0 Å². The van der Waals surface area contributed by atoms with Gasteiger partial charge in [-0.1, -0.05) is 30.3 Å². The van der Waals surface area contributed by atoms with Crippen molar-refractivity contribution in [1.29, 1.82) is 0 Å². The fourth-order valence-electron chi connectivity index (χ4n) is 1.24. The van der Waals surface area contributed by atoms with Gasteiger partial charge in [-0.05, 0) is 5.56 Å². The minimum Gasteiger partial charge on any atom is -0.240 e. The van der Waals surface area contributed by atoms with Crippen LogP contribution < -0.4 is 0 Å². The van der Waals surface area contributed by atoms with Crippen molar-refractivity contribution in [2.75, 3.05) is 0 Å². The Bertz CT molecular complexity index is 447. The standard InChI is InChI=1S/C10H6F3NS/c11-10(12,13)9-8(15-6-14-9)7-4-2-1-3-5-7/h1-6H. The van der Waals surface area contributed by atoms with Gasteiger partial charge in [0.05, 0.1) is 10.4 Å². The van der Waals surface area contributed by atoms with Crippen LogP contribution in [-0.4, -0.2) is 4.98 Å². The molecule has 2 rings (SSSR count). The summed E-state index contributed by atoms with van der Waals surface area (Å²) in [4.78, 5) is 3.53. The lowest BCUT2D eigenvalue weighted by Crippen LogP contribution is -2.06. The SMILES string of the molecule is FC(F)(F)c1ncsc1-c1ccccc1. The number of rotatable bonds is 1. The molecule has 0 aliphatic heterocycles. The predicted molar refractivity (Wildman–Crippen MR) is 52.6 cm³/mol. The van der Waals surface area contributed by atoms with E-state index in [1.165, 1.54) is 5.51 Å². The summed E-state index contributed by atoms with van der Waals surface area (Å²) in [5.74, 6) is 0. The Hall–Kier alpha value is -1.36. The molecule has 0 spiro atoms. The van der Waals surface area contributed by atoms with E-state index in [4.69, 9.17) is 0 Å². The van der Waals surface area contributed by atoms with E-state index in [1.54, 1.807) is 30.3 Å². The summed E-state index contributed by atoms with van der Waals surface area (Å²) in [6, 6.07) is 8.45. The van der Waals surface area contributed by atoms with Crippen LogP contribution in [-0.2, 0) is 6.18 Å². The van der Waals surface area contributed by atoms with Gasteiger partial charge in [0.2, 0.25) is 0 Å². The number of halogens is 3. The molecule has 0 atom stereocenters. The minimum atomic E-state index is -4.38. The third-order valence-electron chi connectivity index (χ3n) is 1.87. The molecule has 0 saturated carbocycles. The molecule has 5 heteroatoms. The maximum Gasteiger partial charge on any atom is 0.434 e. The Balaban J connectivity index is 2.51. The first-order chi connectivity index (χ1) is 7.09. The molecular weight excluding hydrogens is 223 g/mol. The molecule has 15 heavy (non-hydrogen) atoms. The molecule has 0 amide bonds. The smallest absolute Gasteiger partial charge is 0.240 e. The third-order valence-corrected chi connectivity index (χ3v) is 2.75. The van der Waals surface area contributed by atoms with E-state index in [0.717, 1.165) is 11.3 Å². The number of hydrogen-bond donors (Lipinski definition) is 0. The van der Waals surface area contributed by atoms with Gasteiger partial charge in [0.15, 0.2) is 5.69 Å². The Morgan fingerprint density at radius 3 is 2.33 bits per heavy atom. The highest BCUT2D eigenvalue weighted by Crippen LogP contribution is 2.38. The van der Waals surface area contributed by atoms with Crippen molar-refractivity contribution in [1.82, 2.24) is 4.98 Å². The average molecular weight is 229 g/mol. The molecule has 1 nitrogen and oxygen atoms in total. The summed E-state index contributed by atoms with van der Waals surface area (Å²) >= 11 is 0.998.